The Morgan fingerprint density at radius 1 is 1.41 bits per heavy atom. The van der Waals surface area contributed by atoms with Crippen molar-refractivity contribution in [3.63, 3.8) is 0 Å². The maximum atomic E-state index is 13.2. The number of aromatic nitrogens is 2. The average Bonchev–Trinajstić information content (AvgIpc) is 2.32. The molecule has 0 aliphatic heterocycles. The molecule has 2 aromatic rings. The van der Waals surface area contributed by atoms with Gasteiger partial charge in [0.05, 0.1) is 11.9 Å². The molecule has 2 heterocycles. The van der Waals surface area contributed by atoms with Gasteiger partial charge in [0, 0.05) is 24.7 Å². The monoisotopic (exact) mass is 233 g/mol. The van der Waals surface area contributed by atoms with Crippen LogP contribution in [0.2, 0.25) is 0 Å². The number of halogens is 1. The number of anilines is 1. The maximum absolute atomic E-state index is 13.2. The van der Waals surface area contributed by atoms with E-state index in [9.17, 15) is 14.0 Å². The molecule has 0 atom stereocenters. The van der Waals surface area contributed by atoms with Crippen LogP contribution < -0.4 is 10.7 Å². The minimum Gasteiger partial charge on any atom is -0.367 e. The number of carbonyl (C=O) groups is 1. The van der Waals surface area contributed by atoms with Crippen LogP contribution in [-0.2, 0) is 0 Å². The van der Waals surface area contributed by atoms with Gasteiger partial charge in [-0.2, -0.15) is 0 Å². The van der Waals surface area contributed by atoms with E-state index in [0.717, 1.165) is 6.20 Å². The highest BCUT2D eigenvalue weighted by Crippen LogP contribution is 2.11. The summed E-state index contributed by atoms with van der Waals surface area (Å²) in [5, 5.41) is 2.29. The van der Waals surface area contributed by atoms with Gasteiger partial charge in [-0.1, -0.05) is 0 Å². The number of carbonyl (C=O) groups excluding carboxylic acids is 1. The Morgan fingerprint density at radius 3 is 2.94 bits per heavy atom. The van der Waals surface area contributed by atoms with Gasteiger partial charge in [0.1, 0.15) is 5.56 Å². The normalized spacial score (nSPS) is 9.94. The summed E-state index contributed by atoms with van der Waals surface area (Å²) >= 11 is 0. The van der Waals surface area contributed by atoms with Crippen molar-refractivity contribution in [3.05, 3.63) is 58.5 Å². The van der Waals surface area contributed by atoms with Crippen LogP contribution in [0, 0.1) is 5.82 Å². The maximum Gasteiger partial charge on any atom is 0.261 e. The quantitative estimate of drug-likeness (QED) is 0.817. The summed E-state index contributed by atoms with van der Waals surface area (Å²) in [6, 6.07) is 2.53. The van der Waals surface area contributed by atoms with E-state index in [4.69, 9.17) is 0 Å². The van der Waals surface area contributed by atoms with Gasteiger partial charge < -0.3 is 10.3 Å². The highest BCUT2D eigenvalue weighted by atomic mass is 19.1. The molecule has 17 heavy (non-hydrogen) atoms. The van der Waals surface area contributed by atoms with Crippen LogP contribution in [0.1, 0.15) is 10.4 Å². The van der Waals surface area contributed by atoms with E-state index < -0.39 is 17.2 Å². The van der Waals surface area contributed by atoms with E-state index >= 15 is 0 Å². The summed E-state index contributed by atoms with van der Waals surface area (Å²) in [4.78, 5) is 29.2. The second kappa shape index (κ2) is 4.56. The Kier molecular flexibility index (Phi) is 2.95. The number of rotatable bonds is 2. The van der Waals surface area contributed by atoms with Crippen molar-refractivity contribution in [1.29, 1.82) is 0 Å². The zero-order valence-electron chi connectivity index (χ0n) is 8.61. The number of hydrogen-bond donors (Lipinski definition) is 2. The number of nitrogens with zero attached hydrogens (tertiary/aromatic N) is 1. The Morgan fingerprint density at radius 2 is 2.24 bits per heavy atom. The second-order valence-electron chi connectivity index (χ2n) is 3.23. The van der Waals surface area contributed by atoms with Crippen LogP contribution >= 0.6 is 0 Å². The third-order valence-corrected chi connectivity index (χ3v) is 2.09. The smallest absolute Gasteiger partial charge is 0.261 e. The van der Waals surface area contributed by atoms with Crippen LogP contribution in [0.4, 0.5) is 10.1 Å². The van der Waals surface area contributed by atoms with E-state index in [1.807, 2.05) is 0 Å². The zero-order valence-corrected chi connectivity index (χ0v) is 8.61. The van der Waals surface area contributed by atoms with Crippen LogP contribution in [0.15, 0.2) is 41.7 Å². The lowest BCUT2D eigenvalue weighted by Gasteiger charge is -2.04. The molecule has 0 unspecified atom stereocenters. The number of H-pyrrole nitrogens is 1. The Bertz CT molecular complexity index is 609. The fourth-order valence-electron chi connectivity index (χ4n) is 1.26. The minimum atomic E-state index is -0.669. The predicted molar refractivity (Wildman–Crippen MR) is 59.2 cm³/mol. The molecular weight excluding hydrogens is 225 g/mol. The molecule has 86 valence electrons. The molecule has 0 saturated heterocycles. The molecule has 2 rings (SSSR count). The molecule has 0 spiro atoms. The third-order valence-electron chi connectivity index (χ3n) is 2.09. The predicted octanol–water partition coefficient (Wildman–Crippen LogP) is 1.16. The molecule has 0 aliphatic carbocycles. The molecular formula is C11H8FN3O2. The number of pyridine rings is 2. The van der Waals surface area contributed by atoms with Crippen molar-refractivity contribution in [1.82, 2.24) is 9.97 Å². The first kappa shape index (κ1) is 11.0. The van der Waals surface area contributed by atoms with Crippen LogP contribution in [0.5, 0.6) is 0 Å². The standard InChI is InChI=1S/C11H8FN3O2/c12-8-6-14-3-1-9(8)15-11(17)7-5-13-4-2-10(7)16/h1-6H,(H,13,16)(H,14,15,17). The van der Waals surface area contributed by atoms with Gasteiger partial charge in [0.15, 0.2) is 11.2 Å². The molecule has 0 bridgehead atoms. The van der Waals surface area contributed by atoms with Gasteiger partial charge in [-0.15, -0.1) is 0 Å². The minimum absolute atomic E-state index is 0.0201. The van der Waals surface area contributed by atoms with E-state index in [1.165, 1.54) is 30.7 Å². The summed E-state index contributed by atoms with van der Waals surface area (Å²) < 4.78 is 13.2. The van der Waals surface area contributed by atoms with Gasteiger partial charge in [-0.25, -0.2) is 4.39 Å². The molecule has 0 radical (unpaired) electrons. The van der Waals surface area contributed by atoms with Crippen molar-refractivity contribution in [2.75, 3.05) is 5.32 Å². The SMILES string of the molecule is O=C(Nc1ccncc1F)c1c[nH]ccc1=O. The second-order valence-corrected chi connectivity index (χ2v) is 3.23. The number of amides is 1. The van der Waals surface area contributed by atoms with Crippen molar-refractivity contribution in [3.8, 4) is 0 Å². The Labute approximate surface area is 95.3 Å². The summed E-state index contributed by atoms with van der Waals surface area (Å²) in [5.41, 5.74) is -0.535. The van der Waals surface area contributed by atoms with Gasteiger partial charge >= 0.3 is 0 Å². The van der Waals surface area contributed by atoms with Gasteiger partial charge in [-0.05, 0) is 6.07 Å². The van der Waals surface area contributed by atoms with E-state index in [1.54, 1.807) is 0 Å². The van der Waals surface area contributed by atoms with Gasteiger partial charge in [0.25, 0.3) is 5.91 Å². The summed E-state index contributed by atoms with van der Waals surface area (Å²) in [5.74, 6) is -1.33. The number of hydrogen-bond acceptors (Lipinski definition) is 3. The largest absolute Gasteiger partial charge is 0.367 e. The van der Waals surface area contributed by atoms with Crippen molar-refractivity contribution < 1.29 is 9.18 Å². The zero-order chi connectivity index (χ0) is 12.3. The van der Waals surface area contributed by atoms with Gasteiger partial charge in [0.2, 0.25) is 0 Å². The Balaban J connectivity index is 2.27. The average molecular weight is 233 g/mol. The molecule has 2 N–H and O–H groups in total. The molecule has 6 heteroatoms. The third kappa shape index (κ3) is 2.36. The Hall–Kier alpha value is -2.50. The first-order chi connectivity index (χ1) is 8.18. The molecule has 0 fully saturated rings. The molecule has 1 amide bonds. The first-order valence-corrected chi connectivity index (χ1v) is 4.76. The lowest BCUT2D eigenvalue weighted by molar-refractivity contribution is 0.102. The molecule has 5 nitrogen and oxygen atoms in total. The van der Waals surface area contributed by atoms with Crippen LogP contribution in [-0.4, -0.2) is 15.9 Å². The highest BCUT2D eigenvalue weighted by molar-refractivity contribution is 6.03. The van der Waals surface area contributed by atoms with Crippen molar-refractivity contribution in [2.24, 2.45) is 0 Å². The highest BCUT2D eigenvalue weighted by Gasteiger charge is 2.11. The van der Waals surface area contributed by atoms with Gasteiger partial charge in [-0.3, -0.25) is 14.6 Å². The van der Waals surface area contributed by atoms with Crippen molar-refractivity contribution in [2.45, 2.75) is 0 Å². The van der Waals surface area contributed by atoms with E-state index in [0.29, 0.717) is 0 Å². The van der Waals surface area contributed by atoms with Crippen LogP contribution in [0.25, 0.3) is 0 Å². The fraction of sp³-hybridized carbons (Fsp3) is 0. The van der Waals surface area contributed by atoms with Crippen LogP contribution in [0.3, 0.4) is 0 Å². The molecule has 0 aromatic carbocycles. The van der Waals surface area contributed by atoms with E-state index in [2.05, 4.69) is 15.3 Å². The lowest BCUT2D eigenvalue weighted by atomic mass is 10.2. The molecule has 2 aromatic heterocycles. The van der Waals surface area contributed by atoms with Crippen molar-refractivity contribution >= 4 is 11.6 Å². The summed E-state index contributed by atoms with van der Waals surface area (Å²) in [7, 11) is 0. The molecule has 0 aliphatic rings. The number of nitrogens with one attached hydrogen (secondary N) is 2. The molecule has 0 saturated carbocycles. The first-order valence-electron chi connectivity index (χ1n) is 4.76. The topological polar surface area (TPSA) is 74.8 Å². The van der Waals surface area contributed by atoms with E-state index in [-0.39, 0.29) is 11.3 Å². The number of aromatic amines is 1. The summed E-state index contributed by atoms with van der Waals surface area (Å²) in [6.07, 6.45) is 4.99. The lowest BCUT2D eigenvalue weighted by Crippen LogP contribution is -2.21. The summed E-state index contributed by atoms with van der Waals surface area (Å²) in [6.45, 7) is 0. The fourth-order valence-corrected chi connectivity index (χ4v) is 1.26.